The van der Waals surface area contributed by atoms with Crippen molar-refractivity contribution in [3.8, 4) is 0 Å². The van der Waals surface area contributed by atoms with Gasteiger partial charge in [-0.2, -0.15) is 0 Å². The average Bonchev–Trinajstić information content (AvgIpc) is 2.68. The number of carbonyl (C=O) groups excluding carboxylic acids is 1. The van der Waals surface area contributed by atoms with Gasteiger partial charge in [0, 0.05) is 44.9 Å². The van der Waals surface area contributed by atoms with Crippen molar-refractivity contribution in [2.24, 2.45) is 0 Å². The molecular weight excluding hydrogens is 312 g/mol. The molecule has 1 fully saturated rings. The highest BCUT2D eigenvalue weighted by atomic mass is 32.2. The van der Waals surface area contributed by atoms with E-state index in [1.165, 1.54) is 11.8 Å². The maximum Gasteiger partial charge on any atom is 0.223 e. The Balaban J connectivity index is 1.91. The van der Waals surface area contributed by atoms with Gasteiger partial charge in [0.05, 0.1) is 5.75 Å². The lowest BCUT2D eigenvalue weighted by atomic mass is 10.1. The summed E-state index contributed by atoms with van der Waals surface area (Å²) in [5.41, 5.74) is 1.27. The van der Waals surface area contributed by atoms with E-state index < -0.39 is 9.84 Å². The fourth-order valence-electron chi connectivity index (χ4n) is 2.84. The van der Waals surface area contributed by atoms with Crippen LogP contribution in [0.5, 0.6) is 0 Å². The third kappa shape index (κ3) is 5.95. The Morgan fingerprint density at radius 1 is 1.17 bits per heavy atom. The molecule has 1 amide bonds. The zero-order valence-electron chi connectivity index (χ0n) is 13.9. The Bertz CT molecular complexity index is 616. The van der Waals surface area contributed by atoms with E-state index in [-0.39, 0.29) is 18.1 Å². The van der Waals surface area contributed by atoms with Gasteiger partial charge < -0.3 is 4.90 Å². The summed E-state index contributed by atoms with van der Waals surface area (Å²) in [6.07, 6.45) is 2.18. The first-order chi connectivity index (χ1) is 10.8. The van der Waals surface area contributed by atoms with Crippen LogP contribution in [0, 0.1) is 0 Å². The molecule has 1 aromatic rings. The van der Waals surface area contributed by atoms with E-state index >= 15 is 0 Å². The molecule has 6 heteroatoms. The van der Waals surface area contributed by atoms with Crippen molar-refractivity contribution in [3.63, 3.8) is 0 Å². The van der Waals surface area contributed by atoms with Gasteiger partial charge in [-0.25, -0.2) is 8.42 Å². The molecule has 0 aliphatic carbocycles. The zero-order valence-corrected chi connectivity index (χ0v) is 14.8. The third-order valence-electron chi connectivity index (χ3n) is 4.37. The molecule has 1 aliphatic heterocycles. The van der Waals surface area contributed by atoms with Gasteiger partial charge in [-0.3, -0.25) is 9.69 Å². The minimum absolute atomic E-state index is 0.0517. The first kappa shape index (κ1) is 17.9. The second kappa shape index (κ2) is 7.93. The van der Waals surface area contributed by atoms with Crippen LogP contribution in [0.1, 0.15) is 25.3 Å². The molecule has 1 aliphatic rings. The normalized spacial score (nSPS) is 20.3. The Morgan fingerprint density at radius 2 is 1.87 bits per heavy atom. The lowest BCUT2D eigenvalue weighted by molar-refractivity contribution is -0.130. The van der Waals surface area contributed by atoms with E-state index in [1.807, 2.05) is 23.1 Å². The highest BCUT2D eigenvalue weighted by molar-refractivity contribution is 7.90. The smallest absolute Gasteiger partial charge is 0.223 e. The fourth-order valence-corrected chi connectivity index (χ4v) is 3.39. The van der Waals surface area contributed by atoms with Gasteiger partial charge in [-0.05, 0) is 18.9 Å². The van der Waals surface area contributed by atoms with Crippen LogP contribution in [-0.4, -0.2) is 61.8 Å². The molecule has 1 saturated heterocycles. The molecule has 5 nitrogen and oxygen atoms in total. The lowest BCUT2D eigenvalue weighted by Crippen LogP contribution is -2.36. The van der Waals surface area contributed by atoms with E-state index in [9.17, 15) is 13.2 Å². The summed E-state index contributed by atoms with van der Waals surface area (Å²) in [5.74, 6) is -0.116. The molecular formula is C17H26N2O3S. The van der Waals surface area contributed by atoms with Gasteiger partial charge in [0.2, 0.25) is 5.91 Å². The average molecular weight is 338 g/mol. The van der Waals surface area contributed by atoms with Crippen molar-refractivity contribution in [2.75, 3.05) is 31.6 Å². The standard InChI is InChI=1S/C17H26N2O3S/c1-15-8-10-18(17(20)9-13-23(2,21)22)11-12-19(15)14-16-6-4-3-5-7-16/h3-7,15H,8-14H2,1-2H3/t15-/m0/s1. The van der Waals surface area contributed by atoms with Crippen molar-refractivity contribution in [3.05, 3.63) is 35.9 Å². The van der Waals surface area contributed by atoms with E-state index in [2.05, 4.69) is 24.0 Å². The number of carbonyl (C=O) groups is 1. The van der Waals surface area contributed by atoms with Crippen LogP contribution in [0.3, 0.4) is 0 Å². The zero-order chi connectivity index (χ0) is 16.9. The summed E-state index contributed by atoms with van der Waals surface area (Å²) in [5, 5.41) is 0. The highest BCUT2D eigenvalue weighted by Crippen LogP contribution is 2.15. The molecule has 0 unspecified atom stereocenters. The van der Waals surface area contributed by atoms with Crippen molar-refractivity contribution >= 4 is 15.7 Å². The molecule has 1 aromatic carbocycles. The van der Waals surface area contributed by atoms with Crippen LogP contribution in [0.4, 0.5) is 0 Å². The second-order valence-corrected chi connectivity index (χ2v) is 8.61. The Kier molecular flexibility index (Phi) is 6.18. The second-order valence-electron chi connectivity index (χ2n) is 6.35. The summed E-state index contributed by atoms with van der Waals surface area (Å²) >= 11 is 0. The topological polar surface area (TPSA) is 57.7 Å². The van der Waals surface area contributed by atoms with Crippen LogP contribution in [0.15, 0.2) is 30.3 Å². The molecule has 0 bridgehead atoms. The monoisotopic (exact) mass is 338 g/mol. The SMILES string of the molecule is C[C@H]1CCN(C(=O)CCS(C)(=O)=O)CCN1Cc1ccccc1. The number of benzene rings is 1. The van der Waals surface area contributed by atoms with Gasteiger partial charge in [0.15, 0.2) is 0 Å². The fraction of sp³-hybridized carbons (Fsp3) is 0.588. The summed E-state index contributed by atoms with van der Waals surface area (Å²) in [6, 6.07) is 10.7. The number of amides is 1. The third-order valence-corrected chi connectivity index (χ3v) is 5.31. The molecule has 1 heterocycles. The highest BCUT2D eigenvalue weighted by Gasteiger charge is 2.24. The van der Waals surface area contributed by atoms with Gasteiger partial charge in [-0.15, -0.1) is 0 Å². The number of sulfone groups is 1. The van der Waals surface area contributed by atoms with Crippen LogP contribution in [-0.2, 0) is 21.2 Å². The van der Waals surface area contributed by atoms with Gasteiger partial charge in [-0.1, -0.05) is 30.3 Å². The number of hydrogen-bond acceptors (Lipinski definition) is 4. The Hall–Kier alpha value is -1.40. The molecule has 0 spiro atoms. The predicted octanol–water partition coefficient (Wildman–Crippen LogP) is 1.54. The molecule has 23 heavy (non-hydrogen) atoms. The molecule has 128 valence electrons. The van der Waals surface area contributed by atoms with Gasteiger partial charge >= 0.3 is 0 Å². The van der Waals surface area contributed by atoms with Crippen molar-refractivity contribution in [1.82, 2.24) is 9.80 Å². The maximum atomic E-state index is 12.2. The van der Waals surface area contributed by atoms with Gasteiger partial charge in [0.25, 0.3) is 0 Å². The van der Waals surface area contributed by atoms with Crippen LogP contribution in [0.25, 0.3) is 0 Å². The predicted molar refractivity (Wildman–Crippen MR) is 91.8 cm³/mol. The van der Waals surface area contributed by atoms with E-state index in [0.29, 0.717) is 19.1 Å². The minimum atomic E-state index is -3.09. The molecule has 0 N–H and O–H groups in total. The summed E-state index contributed by atoms with van der Waals surface area (Å²) < 4.78 is 22.4. The van der Waals surface area contributed by atoms with Crippen molar-refractivity contribution in [2.45, 2.75) is 32.4 Å². The van der Waals surface area contributed by atoms with Crippen LogP contribution in [0.2, 0.25) is 0 Å². The number of hydrogen-bond donors (Lipinski definition) is 0. The van der Waals surface area contributed by atoms with E-state index in [1.54, 1.807) is 0 Å². The summed E-state index contributed by atoms with van der Waals surface area (Å²) in [6.45, 7) is 5.26. The van der Waals surface area contributed by atoms with Gasteiger partial charge in [0.1, 0.15) is 9.84 Å². The first-order valence-electron chi connectivity index (χ1n) is 8.08. The van der Waals surface area contributed by atoms with Crippen molar-refractivity contribution in [1.29, 1.82) is 0 Å². The molecule has 1 atom stereocenters. The Labute approximate surface area is 139 Å². The number of rotatable bonds is 5. The molecule has 0 aromatic heterocycles. The number of nitrogens with zero attached hydrogens (tertiary/aromatic N) is 2. The largest absolute Gasteiger partial charge is 0.341 e. The first-order valence-corrected chi connectivity index (χ1v) is 10.1. The van der Waals surface area contributed by atoms with Crippen LogP contribution < -0.4 is 0 Å². The minimum Gasteiger partial charge on any atom is -0.341 e. The Morgan fingerprint density at radius 3 is 2.52 bits per heavy atom. The molecule has 0 radical (unpaired) electrons. The lowest BCUT2D eigenvalue weighted by Gasteiger charge is -2.26. The molecule has 2 rings (SSSR count). The molecule has 0 saturated carbocycles. The van der Waals surface area contributed by atoms with E-state index in [4.69, 9.17) is 0 Å². The maximum absolute atomic E-state index is 12.2. The summed E-state index contributed by atoms with van der Waals surface area (Å²) in [4.78, 5) is 16.4. The van der Waals surface area contributed by atoms with Crippen LogP contribution >= 0.6 is 0 Å². The summed E-state index contributed by atoms with van der Waals surface area (Å²) in [7, 11) is -3.09. The van der Waals surface area contributed by atoms with Crippen molar-refractivity contribution < 1.29 is 13.2 Å². The van der Waals surface area contributed by atoms with E-state index in [0.717, 1.165) is 19.5 Å². The quantitative estimate of drug-likeness (QED) is 0.817.